The van der Waals surface area contributed by atoms with Gasteiger partial charge in [0, 0.05) is 12.1 Å². The number of aliphatic hydroxyl groups is 1. The van der Waals surface area contributed by atoms with E-state index in [0.29, 0.717) is 24.9 Å². The molecule has 0 saturated carbocycles. The van der Waals surface area contributed by atoms with Crippen LogP contribution in [0.3, 0.4) is 0 Å². The molecule has 0 aromatic heterocycles. The lowest BCUT2D eigenvalue weighted by Gasteiger charge is -2.39. The third-order valence-electron chi connectivity index (χ3n) is 4.34. The Morgan fingerprint density at radius 1 is 1.14 bits per heavy atom. The molecule has 0 radical (unpaired) electrons. The fourth-order valence-electron chi connectivity index (χ4n) is 3.44. The summed E-state index contributed by atoms with van der Waals surface area (Å²) in [6.07, 6.45) is 4.35. The average molecular weight is 293 g/mol. The molecule has 2 rings (SSSR count). The highest BCUT2D eigenvalue weighted by molar-refractivity contribution is 5.52. The van der Waals surface area contributed by atoms with Gasteiger partial charge in [-0.2, -0.15) is 0 Å². The Morgan fingerprint density at radius 3 is 2.43 bits per heavy atom. The van der Waals surface area contributed by atoms with E-state index < -0.39 is 5.60 Å². The highest BCUT2D eigenvalue weighted by Crippen LogP contribution is 2.43. The van der Waals surface area contributed by atoms with Gasteiger partial charge in [-0.3, -0.25) is 0 Å². The van der Waals surface area contributed by atoms with Gasteiger partial charge in [0.05, 0.1) is 0 Å². The van der Waals surface area contributed by atoms with Crippen molar-refractivity contribution >= 4 is 0 Å². The van der Waals surface area contributed by atoms with Gasteiger partial charge >= 0.3 is 0 Å². The molecule has 0 heterocycles. The Balaban J connectivity index is 2.30. The summed E-state index contributed by atoms with van der Waals surface area (Å²) < 4.78 is 0. The number of phenols is 2. The van der Waals surface area contributed by atoms with Crippen molar-refractivity contribution in [1.29, 1.82) is 0 Å². The van der Waals surface area contributed by atoms with Gasteiger partial charge in [0.15, 0.2) is 11.5 Å². The Bertz CT molecular complexity index is 483. The fourth-order valence-corrected chi connectivity index (χ4v) is 3.44. The van der Waals surface area contributed by atoms with Crippen LogP contribution in [-0.4, -0.2) is 39.9 Å². The number of phenolic OH excluding ortho intramolecular Hbond substituents is 2. The second kappa shape index (κ2) is 6.67. The summed E-state index contributed by atoms with van der Waals surface area (Å²) in [4.78, 5) is 2.29. The van der Waals surface area contributed by atoms with E-state index in [1.807, 2.05) is 0 Å². The maximum absolute atomic E-state index is 11.1. The first kappa shape index (κ1) is 16.1. The molecule has 1 aromatic carbocycles. The van der Waals surface area contributed by atoms with Crippen LogP contribution in [0.25, 0.3) is 0 Å². The van der Waals surface area contributed by atoms with Gasteiger partial charge in [-0.25, -0.2) is 0 Å². The smallest absolute Gasteiger partial charge is 0.161 e. The predicted octanol–water partition coefficient (Wildman–Crippen LogP) is 2.74. The molecule has 0 amide bonds. The Morgan fingerprint density at radius 2 is 1.81 bits per heavy atom. The first-order chi connectivity index (χ1) is 10.0. The number of hydrogen-bond acceptors (Lipinski definition) is 4. The topological polar surface area (TPSA) is 63.9 Å². The molecule has 1 atom stereocenters. The Labute approximate surface area is 127 Å². The number of rotatable bonds is 6. The van der Waals surface area contributed by atoms with Crippen molar-refractivity contribution in [2.24, 2.45) is 0 Å². The molecule has 0 bridgehead atoms. The van der Waals surface area contributed by atoms with Crippen molar-refractivity contribution < 1.29 is 15.3 Å². The third-order valence-corrected chi connectivity index (χ3v) is 4.34. The molecular weight excluding hydrogens is 266 g/mol. The number of fused-ring (bicyclic) bond motifs is 1. The molecule has 0 spiro atoms. The lowest BCUT2D eigenvalue weighted by atomic mass is 9.78. The van der Waals surface area contributed by atoms with E-state index >= 15 is 0 Å². The quantitative estimate of drug-likeness (QED) is 0.706. The molecule has 21 heavy (non-hydrogen) atoms. The summed E-state index contributed by atoms with van der Waals surface area (Å²) in [7, 11) is 0. The second-order valence-corrected chi connectivity index (χ2v) is 6.12. The lowest BCUT2D eigenvalue weighted by Crippen LogP contribution is -2.43. The van der Waals surface area contributed by atoms with E-state index in [4.69, 9.17) is 0 Å². The minimum absolute atomic E-state index is 0.0665. The van der Waals surface area contributed by atoms with E-state index in [9.17, 15) is 15.3 Å². The zero-order valence-electron chi connectivity index (χ0n) is 13.1. The molecule has 1 aliphatic rings. The van der Waals surface area contributed by atoms with Crippen LogP contribution in [0.4, 0.5) is 0 Å². The molecule has 1 unspecified atom stereocenters. The van der Waals surface area contributed by atoms with Crippen LogP contribution in [0.2, 0.25) is 0 Å². The molecular formula is C17H27NO3. The first-order valence-electron chi connectivity index (χ1n) is 8.01. The molecule has 4 nitrogen and oxygen atoms in total. The van der Waals surface area contributed by atoms with Crippen LogP contribution < -0.4 is 0 Å². The zero-order chi connectivity index (χ0) is 15.5. The maximum Gasteiger partial charge on any atom is 0.161 e. The second-order valence-electron chi connectivity index (χ2n) is 6.12. The molecule has 0 fully saturated rings. The fraction of sp³-hybridized carbons (Fsp3) is 0.647. The molecule has 0 aliphatic heterocycles. The largest absolute Gasteiger partial charge is 0.504 e. The third kappa shape index (κ3) is 3.33. The molecule has 1 aliphatic carbocycles. The van der Waals surface area contributed by atoms with Gasteiger partial charge in [-0.15, -0.1) is 0 Å². The van der Waals surface area contributed by atoms with Crippen molar-refractivity contribution in [3.05, 3.63) is 23.3 Å². The van der Waals surface area contributed by atoms with E-state index in [0.717, 1.165) is 37.9 Å². The van der Waals surface area contributed by atoms with E-state index in [1.54, 1.807) is 6.07 Å². The molecule has 4 heteroatoms. The summed E-state index contributed by atoms with van der Waals surface area (Å²) in [5, 5.41) is 30.8. The minimum atomic E-state index is -0.927. The SMILES string of the molecule is CCCN(CCC)CC1(O)CCCc2c1ccc(O)c2O. The van der Waals surface area contributed by atoms with Gasteiger partial charge < -0.3 is 20.2 Å². The van der Waals surface area contributed by atoms with Crippen LogP contribution in [0, 0.1) is 0 Å². The summed E-state index contributed by atoms with van der Waals surface area (Å²) in [6, 6.07) is 3.24. The highest BCUT2D eigenvalue weighted by Gasteiger charge is 2.37. The Hall–Kier alpha value is -1.26. The van der Waals surface area contributed by atoms with Crippen LogP contribution >= 0.6 is 0 Å². The van der Waals surface area contributed by atoms with Gasteiger partial charge in [-0.05, 0) is 56.8 Å². The number of nitrogens with zero attached hydrogens (tertiary/aromatic N) is 1. The van der Waals surface area contributed by atoms with Crippen molar-refractivity contribution in [1.82, 2.24) is 4.90 Å². The summed E-state index contributed by atoms with van der Waals surface area (Å²) in [6.45, 7) is 6.81. The number of benzene rings is 1. The molecule has 3 N–H and O–H groups in total. The zero-order valence-corrected chi connectivity index (χ0v) is 13.1. The van der Waals surface area contributed by atoms with Crippen LogP contribution in [0.1, 0.15) is 50.7 Å². The summed E-state index contributed by atoms with van der Waals surface area (Å²) in [5.74, 6) is -0.167. The summed E-state index contributed by atoms with van der Waals surface area (Å²) in [5.41, 5.74) is 0.557. The van der Waals surface area contributed by atoms with Gasteiger partial charge in [0.2, 0.25) is 0 Å². The van der Waals surface area contributed by atoms with E-state index in [-0.39, 0.29) is 11.5 Å². The predicted molar refractivity (Wildman–Crippen MR) is 83.6 cm³/mol. The van der Waals surface area contributed by atoms with Gasteiger partial charge in [0.1, 0.15) is 5.60 Å². The van der Waals surface area contributed by atoms with Crippen molar-refractivity contribution in [3.63, 3.8) is 0 Å². The van der Waals surface area contributed by atoms with Gasteiger partial charge in [-0.1, -0.05) is 19.9 Å². The summed E-state index contributed by atoms with van der Waals surface area (Å²) >= 11 is 0. The van der Waals surface area contributed by atoms with Gasteiger partial charge in [0.25, 0.3) is 0 Å². The molecule has 118 valence electrons. The maximum atomic E-state index is 11.1. The lowest BCUT2D eigenvalue weighted by molar-refractivity contribution is -0.0160. The monoisotopic (exact) mass is 293 g/mol. The van der Waals surface area contributed by atoms with Crippen LogP contribution in [0.15, 0.2) is 12.1 Å². The van der Waals surface area contributed by atoms with E-state index in [2.05, 4.69) is 18.7 Å². The van der Waals surface area contributed by atoms with Crippen molar-refractivity contribution in [2.45, 2.75) is 51.6 Å². The van der Waals surface area contributed by atoms with E-state index in [1.165, 1.54) is 6.07 Å². The Kier molecular flexibility index (Phi) is 5.12. The minimum Gasteiger partial charge on any atom is -0.504 e. The normalized spacial score (nSPS) is 21.5. The molecule has 0 saturated heterocycles. The first-order valence-corrected chi connectivity index (χ1v) is 8.01. The van der Waals surface area contributed by atoms with Crippen LogP contribution in [-0.2, 0) is 12.0 Å². The number of hydrogen-bond donors (Lipinski definition) is 3. The van der Waals surface area contributed by atoms with Crippen molar-refractivity contribution in [2.75, 3.05) is 19.6 Å². The standard InChI is InChI=1S/C17H27NO3/c1-3-10-18(11-4-2)12-17(21)9-5-6-13-14(17)7-8-15(19)16(13)20/h7-8,19-21H,3-6,9-12H2,1-2H3. The van der Waals surface area contributed by atoms with Crippen molar-refractivity contribution in [3.8, 4) is 11.5 Å². The average Bonchev–Trinajstić information content (AvgIpc) is 2.44. The van der Waals surface area contributed by atoms with Crippen LogP contribution in [0.5, 0.6) is 11.5 Å². The molecule has 1 aromatic rings. The highest BCUT2D eigenvalue weighted by atomic mass is 16.3. The number of aromatic hydroxyl groups is 2.